The van der Waals surface area contributed by atoms with Gasteiger partial charge < -0.3 is 19.3 Å². The van der Waals surface area contributed by atoms with Crippen molar-refractivity contribution in [2.24, 2.45) is 0 Å². The molecule has 3 aromatic rings. The molecule has 0 N–H and O–H groups in total. The van der Waals surface area contributed by atoms with Crippen molar-refractivity contribution in [1.29, 1.82) is 0 Å². The van der Waals surface area contributed by atoms with E-state index in [1.54, 1.807) is 23.1 Å². The number of carbonyl (C=O) groups is 2. The molecule has 33 heavy (non-hydrogen) atoms. The van der Waals surface area contributed by atoms with E-state index in [9.17, 15) is 9.59 Å². The Bertz CT molecular complexity index is 1210. The van der Waals surface area contributed by atoms with E-state index in [1.165, 1.54) is 11.1 Å². The summed E-state index contributed by atoms with van der Waals surface area (Å²) in [6.07, 6.45) is 1.49. The van der Waals surface area contributed by atoms with Crippen molar-refractivity contribution in [3.63, 3.8) is 0 Å². The van der Waals surface area contributed by atoms with Gasteiger partial charge in [-0.05, 0) is 53.3 Å². The molecule has 1 atom stereocenters. The van der Waals surface area contributed by atoms with E-state index in [4.69, 9.17) is 9.47 Å². The third kappa shape index (κ3) is 3.42. The normalized spacial score (nSPS) is 18.5. The molecule has 166 valence electrons. The van der Waals surface area contributed by atoms with Crippen molar-refractivity contribution in [1.82, 2.24) is 9.80 Å². The molecule has 2 amide bonds. The highest BCUT2D eigenvalue weighted by atomic mass is 16.7. The summed E-state index contributed by atoms with van der Waals surface area (Å²) in [7, 11) is 0. The molecule has 0 saturated carbocycles. The summed E-state index contributed by atoms with van der Waals surface area (Å²) in [6, 6.07) is 21.3. The molecule has 1 unspecified atom stereocenters. The Morgan fingerprint density at radius 1 is 0.818 bits per heavy atom. The molecule has 3 heterocycles. The second-order valence-corrected chi connectivity index (χ2v) is 8.73. The number of nitrogens with zero attached hydrogens (tertiary/aromatic N) is 2. The van der Waals surface area contributed by atoms with Gasteiger partial charge in [0.2, 0.25) is 12.7 Å². The van der Waals surface area contributed by atoms with E-state index in [1.807, 2.05) is 29.2 Å². The first-order chi connectivity index (χ1) is 16.2. The predicted octanol–water partition coefficient (Wildman–Crippen LogP) is 4.23. The molecule has 0 aliphatic carbocycles. The van der Waals surface area contributed by atoms with E-state index in [0.29, 0.717) is 43.1 Å². The Balaban J connectivity index is 1.29. The van der Waals surface area contributed by atoms with Crippen LogP contribution >= 0.6 is 0 Å². The van der Waals surface area contributed by atoms with Crippen molar-refractivity contribution in [3.05, 3.63) is 83.4 Å². The Kier molecular flexibility index (Phi) is 4.79. The minimum absolute atomic E-state index is 0.00750. The summed E-state index contributed by atoms with van der Waals surface area (Å²) in [6.45, 7) is 1.80. The number of hydrogen-bond donors (Lipinski definition) is 0. The Labute approximate surface area is 192 Å². The molecule has 0 spiro atoms. The zero-order valence-corrected chi connectivity index (χ0v) is 18.2. The van der Waals surface area contributed by atoms with Crippen LogP contribution in [0.3, 0.4) is 0 Å². The number of amides is 2. The van der Waals surface area contributed by atoms with Gasteiger partial charge in [0.05, 0.1) is 0 Å². The molecule has 6 heteroatoms. The van der Waals surface area contributed by atoms with E-state index < -0.39 is 6.04 Å². The van der Waals surface area contributed by atoms with Gasteiger partial charge in [0.15, 0.2) is 11.5 Å². The van der Waals surface area contributed by atoms with Gasteiger partial charge in [-0.1, -0.05) is 48.5 Å². The fraction of sp³-hybridized carbons (Fsp3) is 0.259. The van der Waals surface area contributed by atoms with Crippen molar-refractivity contribution in [2.75, 3.05) is 13.3 Å². The molecule has 3 aromatic carbocycles. The smallest absolute Gasteiger partial charge is 0.254 e. The molecule has 6 rings (SSSR count). The number of rotatable bonds is 2. The molecule has 6 nitrogen and oxygen atoms in total. The molecule has 1 fully saturated rings. The van der Waals surface area contributed by atoms with Gasteiger partial charge in [-0.15, -0.1) is 0 Å². The van der Waals surface area contributed by atoms with Crippen molar-refractivity contribution >= 4 is 11.8 Å². The Morgan fingerprint density at radius 2 is 1.48 bits per heavy atom. The molecule has 0 aromatic heterocycles. The van der Waals surface area contributed by atoms with Crippen LogP contribution in [0.4, 0.5) is 0 Å². The zero-order chi connectivity index (χ0) is 22.4. The van der Waals surface area contributed by atoms with Crippen LogP contribution in [0.5, 0.6) is 11.5 Å². The van der Waals surface area contributed by atoms with Crippen molar-refractivity contribution in [2.45, 2.75) is 32.0 Å². The summed E-state index contributed by atoms with van der Waals surface area (Å²) in [5, 5.41) is 0. The van der Waals surface area contributed by atoms with Gasteiger partial charge >= 0.3 is 0 Å². The van der Waals surface area contributed by atoms with Crippen LogP contribution in [0.1, 0.15) is 34.3 Å². The second-order valence-electron chi connectivity index (χ2n) is 8.73. The summed E-state index contributed by atoms with van der Waals surface area (Å²) in [5.74, 6) is 1.08. The minimum atomic E-state index is -0.458. The van der Waals surface area contributed by atoms with Gasteiger partial charge in [-0.2, -0.15) is 0 Å². The zero-order valence-electron chi connectivity index (χ0n) is 18.2. The first-order valence-electron chi connectivity index (χ1n) is 11.3. The minimum Gasteiger partial charge on any atom is -0.454 e. The molecule has 0 radical (unpaired) electrons. The van der Waals surface area contributed by atoms with Crippen LogP contribution in [-0.2, 0) is 17.9 Å². The first-order valence-corrected chi connectivity index (χ1v) is 11.3. The lowest BCUT2D eigenvalue weighted by atomic mass is 9.97. The molecule has 0 bridgehead atoms. The SMILES string of the molecule is O=C(C1CCCN1C(=O)c1ccc2c(c1)OCO2)N1Cc2ccccc2-c2ccccc2C1. The fourth-order valence-corrected chi connectivity index (χ4v) is 5.14. The molecule has 1 saturated heterocycles. The number of benzene rings is 3. The average molecular weight is 440 g/mol. The van der Waals surface area contributed by atoms with Gasteiger partial charge in [0.1, 0.15) is 6.04 Å². The monoisotopic (exact) mass is 440 g/mol. The fourth-order valence-electron chi connectivity index (χ4n) is 5.14. The summed E-state index contributed by atoms with van der Waals surface area (Å²) in [4.78, 5) is 30.8. The number of fused-ring (bicyclic) bond motifs is 4. The Morgan fingerprint density at radius 3 is 2.21 bits per heavy atom. The van der Waals surface area contributed by atoms with Gasteiger partial charge in [0.25, 0.3) is 5.91 Å². The second kappa shape index (κ2) is 7.96. The largest absolute Gasteiger partial charge is 0.454 e. The quantitative estimate of drug-likeness (QED) is 0.599. The number of ether oxygens (including phenoxy) is 2. The third-order valence-corrected chi connectivity index (χ3v) is 6.78. The van der Waals surface area contributed by atoms with Crippen LogP contribution in [0.25, 0.3) is 11.1 Å². The highest BCUT2D eigenvalue weighted by Crippen LogP contribution is 2.35. The topological polar surface area (TPSA) is 59.1 Å². The van der Waals surface area contributed by atoms with Gasteiger partial charge in [0, 0.05) is 25.2 Å². The van der Waals surface area contributed by atoms with Crippen LogP contribution in [0, 0.1) is 0 Å². The maximum atomic E-state index is 13.8. The number of hydrogen-bond acceptors (Lipinski definition) is 4. The van der Waals surface area contributed by atoms with Crippen LogP contribution in [0.15, 0.2) is 66.7 Å². The van der Waals surface area contributed by atoms with Crippen LogP contribution in [0.2, 0.25) is 0 Å². The number of likely N-dealkylation sites (tertiary alicyclic amines) is 1. The lowest BCUT2D eigenvalue weighted by Gasteiger charge is -2.30. The molecular formula is C27H24N2O4. The first kappa shape index (κ1) is 19.9. The van der Waals surface area contributed by atoms with Gasteiger partial charge in [-0.25, -0.2) is 0 Å². The summed E-state index contributed by atoms with van der Waals surface area (Å²) < 4.78 is 10.8. The van der Waals surface area contributed by atoms with Crippen molar-refractivity contribution in [3.8, 4) is 22.6 Å². The molecular weight excluding hydrogens is 416 g/mol. The molecule has 3 aliphatic heterocycles. The van der Waals surface area contributed by atoms with E-state index >= 15 is 0 Å². The van der Waals surface area contributed by atoms with E-state index in [2.05, 4.69) is 24.3 Å². The van der Waals surface area contributed by atoms with Crippen molar-refractivity contribution < 1.29 is 19.1 Å². The summed E-state index contributed by atoms with van der Waals surface area (Å²) in [5.41, 5.74) is 5.11. The predicted molar refractivity (Wildman–Crippen MR) is 123 cm³/mol. The molecule has 3 aliphatic rings. The average Bonchev–Trinajstić information content (AvgIpc) is 3.49. The highest BCUT2D eigenvalue weighted by Gasteiger charge is 2.38. The van der Waals surface area contributed by atoms with E-state index in [-0.39, 0.29) is 18.6 Å². The maximum absolute atomic E-state index is 13.8. The lowest BCUT2D eigenvalue weighted by Crippen LogP contribution is -2.47. The van der Waals surface area contributed by atoms with E-state index in [0.717, 1.165) is 17.5 Å². The van der Waals surface area contributed by atoms with Gasteiger partial charge in [-0.3, -0.25) is 9.59 Å². The summed E-state index contributed by atoms with van der Waals surface area (Å²) >= 11 is 0. The van der Waals surface area contributed by atoms with Crippen LogP contribution < -0.4 is 9.47 Å². The lowest BCUT2D eigenvalue weighted by molar-refractivity contribution is -0.136. The standard InChI is InChI=1S/C27H24N2O4/c30-26(18-11-12-24-25(14-18)33-17-32-24)29-13-5-10-23(29)27(31)28-15-19-6-1-3-8-21(19)22-9-4-2-7-20(22)16-28/h1-4,6-9,11-12,14,23H,5,10,13,15-17H2. The highest BCUT2D eigenvalue weighted by molar-refractivity contribution is 5.98. The third-order valence-electron chi connectivity index (χ3n) is 6.78. The Hall–Kier alpha value is -3.80. The van der Waals surface area contributed by atoms with Crippen LogP contribution in [-0.4, -0.2) is 41.0 Å². The number of carbonyl (C=O) groups excluding carboxylic acids is 2. The maximum Gasteiger partial charge on any atom is 0.254 e.